The number of aliphatic hydroxyl groups excluding tert-OH is 1. The molecule has 2 amide bonds. The first-order chi connectivity index (χ1) is 9.56. The summed E-state index contributed by atoms with van der Waals surface area (Å²) in [5.41, 5.74) is 0.441. The van der Waals surface area contributed by atoms with Crippen molar-refractivity contribution >= 4 is 17.5 Å². The van der Waals surface area contributed by atoms with Gasteiger partial charge in [-0.1, -0.05) is 0 Å². The van der Waals surface area contributed by atoms with Gasteiger partial charge in [0.1, 0.15) is 5.82 Å². The lowest BCUT2D eigenvalue weighted by Crippen LogP contribution is -2.32. The van der Waals surface area contributed by atoms with Crippen molar-refractivity contribution in [1.29, 1.82) is 0 Å². The zero-order valence-electron chi connectivity index (χ0n) is 11.2. The molecule has 0 aromatic heterocycles. The van der Waals surface area contributed by atoms with Crippen LogP contribution in [0.15, 0.2) is 36.4 Å². The molecule has 108 valence electrons. The molecule has 6 heteroatoms. The van der Waals surface area contributed by atoms with E-state index < -0.39 is 11.7 Å². The van der Waals surface area contributed by atoms with Crippen LogP contribution in [0, 0.1) is 5.82 Å². The van der Waals surface area contributed by atoms with Gasteiger partial charge in [0, 0.05) is 30.9 Å². The second kappa shape index (κ2) is 8.06. The molecule has 5 nitrogen and oxygen atoms in total. The molecule has 0 saturated carbocycles. The quantitative estimate of drug-likeness (QED) is 0.768. The van der Waals surface area contributed by atoms with Gasteiger partial charge in [0.15, 0.2) is 0 Å². The lowest BCUT2D eigenvalue weighted by molar-refractivity contribution is -0.126. The fourth-order valence-corrected chi connectivity index (χ4v) is 1.51. The van der Waals surface area contributed by atoms with Crippen molar-refractivity contribution in [3.05, 3.63) is 42.2 Å². The highest BCUT2D eigenvalue weighted by Crippen LogP contribution is 2.07. The average Bonchev–Trinajstić information content (AvgIpc) is 2.44. The third-order valence-electron chi connectivity index (χ3n) is 2.55. The highest BCUT2D eigenvalue weighted by molar-refractivity contribution is 6.03. The lowest BCUT2D eigenvalue weighted by Gasteiger charge is -2.17. The number of hydrogen-bond donors (Lipinski definition) is 2. The first-order valence-electron chi connectivity index (χ1n) is 6.21. The van der Waals surface area contributed by atoms with Gasteiger partial charge < -0.3 is 15.3 Å². The number of nitrogens with zero attached hydrogens (tertiary/aromatic N) is 1. The zero-order valence-corrected chi connectivity index (χ0v) is 11.2. The normalized spacial score (nSPS) is 10.6. The van der Waals surface area contributed by atoms with E-state index in [9.17, 15) is 14.0 Å². The molecule has 0 aliphatic rings. The molecule has 0 radical (unpaired) electrons. The Kier molecular flexibility index (Phi) is 6.39. The van der Waals surface area contributed by atoms with Crippen molar-refractivity contribution < 1.29 is 19.1 Å². The topological polar surface area (TPSA) is 69.6 Å². The second-order valence-electron chi connectivity index (χ2n) is 3.97. The van der Waals surface area contributed by atoms with Gasteiger partial charge in [0.05, 0.1) is 6.61 Å². The molecule has 0 spiro atoms. The highest BCUT2D eigenvalue weighted by Gasteiger charge is 2.07. The number of carbonyl (C=O) groups excluding carboxylic acids is 2. The van der Waals surface area contributed by atoms with Crippen LogP contribution in [0.25, 0.3) is 0 Å². The Balaban J connectivity index is 2.54. The molecule has 1 rings (SSSR count). The average molecular weight is 280 g/mol. The number of rotatable bonds is 6. The number of hydrogen-bond acceptors (Lipinski definition) is 3. The van der Waals surface area contributed by atoms with Crippen LogP contribution >= 0.6 is 0 Å². The van der Waals surface area contributed by atoms with E-state index in [-0.39, 0.29) is 19.1 Å². The van der Waals surface area contributed by atoms with Crippen molar-refractivity contribution in [3.8, 4) is 0 Å². The fourth-order valence-electron chi connectivity index (χ4n) is 1.51. The summed E-state index contributed by atoms with van der Waals surface area (Å²) in [6, 6.07) is 5.30. The molecule has 0 aliphatic carbocycles. The summed E-state index contributed by atoms with van der Waals surface area (Å²) >= 11 is 0. The zero-order chi connectivity index (χ0) is 15.0. The molecule has 0 fully saturated rings. The molecular weight excluding hydrogens is 263 g/mol. The van der Waals surface area contributed by atoms with Crippen molar-refractivity contribution in [2.24, 2.45) is 0 Å². The summed E-state index contributed by atoms with van der Waals surface area (Å²) in [5.74, 6) is -1.22. The monoisotopic (exact) mass is 280 g/mol. The summed E-state index contributed by atoms with van der Waals surface area (Å²) in [5, 5.41) is 11.3. The van der Waals surface area contributed by atoms with E-state index >= 15 is 0 Å². The van der Waals surface area contributed by atoms with Crippen LogP contribution in [0.5, 0.6) is 0 Å². The third kappa shape index (κ3) is 5.19. The molecule has 0 atom stereocenters. The van der Waals surface area contributed by atoms with Gasteiger partial charge in [0.2, 0.25) is 11.8 Å². The predicted molar refractivity (Wildman–Crippen MR) is 73.5 cm³/mol. The summed E-state index contributed by atoms with van der Waals surface area (Å²) < 4.78 is 12.7. The molecule has 0 unspecified atom stereocenters. The number of aliphatic hydroxyl groups is 1. The standard InChI is InChI=1S/C14H17FN2O3/c1-2-17(9-10-18)14(20)8-7-13(19)16-12-5-3-11(15)4-6-12/h3-8,18H,2,9-10H2,1H3,(H,16,19)/b8-7+. The Bertz CT molecular complexity index is 486. The van der Waals surface area contributed by atoms with E-state index in [2.05, 4.69) is 5.32 Å². The van der Waals surface area contributed by atoms with Crippen molar-refractivity contribution in [1.82, 2.24) is 4.90 Å². The van der Waals surface area contributed by atoms with E-state index in [0.29, 0.717) is 12.2 Å². The summed E-state index contributed by atoms with van der Waals surface area (Å²) in [6.45, 7) is 2.32. The lowest BCUT2D eigenvalue weighted by atomic mass is 10.3. The van der Waals surface area contributed by atoms with Crippen molar-refractivity contribution in [2.75, 3.05) is 25.0 Å². The number of likely N-dealkylation sites (N-methyl/N-ethyl adjacent to an activating group) is 1. The maximum atomic E-state index is 12.7. The molecule has 1 aromatic carbocycles. The molecule has 0 bridgehead atoms. The Morgan fingerprint density at radius 2 is 1.95 bits per heavy atom. The number of carbonyl (C=O) groups is 2. The van der Waals surface area contributed by atoms with Gasteiger partial charge >= 0.3 is 0 Å². The molecule has 0 saturated heterocycles. The van der Waals surface area contributed by atoms with Crippen LogP contribution in [0.1, 0.15) is 6.92 Å². The molecule has 2 N–H and O–H groups in total. The number of nitrogens with one attached hydrogen (secondary N) is 1. The Morgan fingerprint density at radius 1 is 1.30 bits per heavy atom. The minimum absolute atomic E-state index is 0.130. The maximum absolute atomic E-state index is 12.7. The predicted octanol–water partition coefficient (Wildman–Crippen LogP) is 1.16. The largest absolute Gasteiger partial charge is 0.395 e. The Hall–Kier alpha value is -2.21. The maximum Gasteiger partial charge on any atom is 0.248 e. The van der Waals surface area contributed by atoms with Crippen LogP contribution in [-0.4, -0.2) is 41.5 Å². The Morgan fingerprint density at radius 3 is 2.50 bits per heavy atom. The summed E-state index contributed by atoms with van der Waals surface area (Å²) in [7, 11) is 0. The van der Waals surface area contributed by atoms with E-state index in [1.807, 2.05) is 0 Å². The summed E-state index contributed by atoms with van der Waals surface area (Å²) in [4.78, 5) is 24.6. The van der Waals surface area contributed by atoms with E-state index in [4.69, 9.17) is 5.11 Å². The van der Waals surface area contributed by atoms with Gasteiger partial charge in [-0.2, -0.15) is 0 Å². The van der Waals surface area contributed by atoms with E-state index in [0.717, 1.165) is 12.2 Å². The van der Waals surface area contributed by atoms with Crippen LogP contribution in [0.3, 0.4) is 0 Å². The summed E-state index contributed by atoms with van der Waals surface area (Å²) in [6.07, 6.45) is 2.24. The Labute approximate surface area is 116 Å². The first kappa shape index (κ1) is 15.8. The first-order valence-corrected chi connectivity index (χ1v) is 6.21. The van der Waals surface area contributed by atoms with Gasteiger partial charge in [0.25, 0.3) is 0 Å². The smallest absolute Gasteiger partial charge is 0.248 e. The van der Waals surface area contributed by atoms with Crippen molar-refractivity contribution in [2.45, 2.75) is 6.92 Å². The number of amides is 2. The number of halogens is 1. The molecule has 20 heavy (non-hydrogen) atoms. The molecule has 1 aromatic rings. The van der Waals surface area contributed by atoms with Gasteiger partial charge in [-0.15, -0.1) is 0 Å². The third-order valence-corrected chi connectivity index (χ3v) is 2.55. The minimum atomic E-state index is -0.481. The van der Waals surface area contributed by atoms with Gasteiger partial charge in [-0.25, -0.2) is 4.39 Å². The SMILES string of the molecule is CCN(CCO)C(=O)/C=C/C(=O)Nc1ccc(F)cc1. The van der Waals surface area contributed by atoms with Crippen LogP contribution < -0.4 is 5.32 Å². The highest BCUT2D eigenvalue weighted by atomic mass is 19.1. The number of benzene rings is 1. The van der Waals surface area contributed by atoms with Gasteiger partial charge in [-0.05, 0) is 31.2 Å². The second-order valence-corrected chi connectivity index (χ2v) is 3.97. The van der Waals surface area contributed by atoms with Crippen LogP contribution in [-0.2, 0) is 9.59 Å². The van der Waals surface area contributed by atoms with Crippen molar-refractivity contribution in [3.63, 3.8) is 0 Å². The van der Waals surface area contributed by atoms with E-state index in [1.165, 1.54) is 29.2 Å². The minimum Gasteiger partial charge on any atom is -0.395 e. The van der Waals surface area contributed by atoms with Gasteiger partial charge in [-0.3, -0.25) is 9.59 Å². The molecule has 0 heterocycles. The van der Waals surface area contributed by atoms with E-state index in [1.54, 1.807) is 6.92 Å². The number of anilines is 1. The molecule has 0 aliphatic heterocycles. The molecular formula is C14H17FN2O3. The van der Waals surface area contributed by atoms with Crippen LogP contribution in [0.4, 0.5) is 10.1 Å². The van der Waals surface area contributed by atoms with Crippen LogP contribution in [0.2, 0.25) is 0 Å². The fraction of sp³-hybridized carbons (Fsp3) is 0.286.